The normalized spacial score (nSPS) is 11.3. The molecule has 112 valence electrons. The van der Waals surface area contributed by atoms with E-state index in [1.807, 2.05) is 0 Å². The van der Waals surface area contributed by atoms with Crippen LogP contribution in [0.1, 0.15) is 18.2 Å². The number of nitrogens with zero attached hydrogens (tertiary/aromatic N) is 1. The first kappa shape index (κ1) is 16.5. The minimum absolute atomic E-state index is 0.0172. The maximum Gasteiger partial charge on any atom is 0.573 e. The molecule has 4 nitrogen and oxygen atoms in total. The summed E-state index contributed by atoms with van der Waals surface area (Å²) in [5.41, 5.74) is -0.906. The fourth-order valence-electron chi connectivity index (χ4n) is 1.41. The Morgan fingerprint density at radius 2 is 2.10 bits per heavy atom. The van der Waals surface area contributed by atoms with Crippen molar-refractivity contribution in [3.05, 3.63) is 23.3 Å². The van der Waals surface area contributed by atoms with Crippen LogP contribution < -0.4 is 4.74 Å². The topological polar surface area (TPSA) is 48.4 Å². The Balaban J connectivity index is 3.21. The second-order valence-corrected chi connectivity index (χ2v) is 3.79. The van der Waals surface area contributed by atoms with Crippen LogP contribution in [0.15, 0.2) is 6.20 Å². The third kappa shape index (κ3) is 4.52. The molecule has 0 saturated carbocycles. The summed E-state index contributed by atoms with van der Waals surface area (Å²) in [5, 5.41) is 0. The first-order chi connectivity index (χ1) is 9.28. The number of rotatable bonds is 5. The van der Waals surface area contributed by atoms with Crippen LogP contribution in [0.4, 0.5) is 17.6 Å². The molecule has 9 heteroatoms. The molecule has 0 atom stereocenters. The number of hydrogen-bond donors (Lipinski definition) is 0. The number of aromatic nitrogens is 1. The van der Waals surface area contributed by atoms with Gasteiger partial charge >= 0.3 is 12.3 Å². The Labute approximate surface area is 116 Å². The fraction of sp³-hybridized carbons (Fsp3) is 0.455. The van der Waals surface area contributed by atoms with E-state index in [4.69, 9.17) is 11.6 Å². The van der Waals surface area contributed by atoms with Gasteiger partial charge in [-0.25, -0.2) is 4.39 Å². The predicted molar refractivity (Wildman–Crippen MR) is 60.8 cm³/mol. The molecule has 0 aliphatic heterocycles. The van der Waals surface area contributed by atoms with Crippen molar-refractivity contribution in [3.63, 3.8) is 0 Å². The van der Waals surface area contributed by atoms with Crippen LogP contribution in [0.25, 0.3) is 0 Å². The molecule has 0 fully saturated rings. The average Bonchev–Trinajstić information content (AvgIpc) is 2.32. The van der Waals surface area contributed by atoms with Crippen LogP contribution in [-0.2, 0) is 21.8 Å². The van der Waals surface area contributed by atoms with Gasteiger partial charge in [0.15, 0.2) is 5.75 Å². The molecule has 1 aromatic rings. The number of alkyl halides is 4. The van der Waals surface area contributed by atoms with Gasteiger partial charge < -0.3 is 9.47 Å². The van der Waals surface area contributed by atoms with Gasteiger partial charge in [-0.3, -0.25) is 9.78 Å². The SMILES string of the molecule is CCOC(=O)Cc1c(F)cnc(CCl)c1OC(F)(F)F. The average molecular weight is 316 g/mol. The zero-order chi connectivity index (χ0) is 15.3. The van der Waals surface area contributed by atoms with Crippen molar-refractivity contribution in [2.24, 2.45) is 0 Å². The highest BCUT2D eigenvalue weighted by Gasteiger charge is 2.34. The number of esters is 1. The molecule has 0 unspecified atom stereocenters. The minimum atomic E-state index is -5.06. The number of pyridine rings is 1. The number of ether oxygens (including phenoxy) is 2. The molecular weight excluding hydrogens is 306 g/mol. The van der Waals surface area contributed by atoms with Crippen LogP contribution in [0.3, 0.4) is 0 Å². The van der Waals surface area contributed by atoms with Crippen molar-refractivity contribution in [1.29, 1.82) is 0 Å². The fourth-order valence-corrected chi connectivity index (χ4v) is 1.60. The highest BCUT2D eigenvalue weighted by Crippen LogP contribution is 2.32. The van der Waals surface area contributed by atoms with E-state index in [1.165, 1.54) is 6.92 Å². The zero-order valence-corrected chi connectivity index (χ0v) is 11.0. The van der Waals surface area contributed by atoms with Crippen molar-refractivity contribution in [1.82, 2.24) is 4.98 Å². The van der Waals surface area contributed by atoms with E-state index in [0.29, 0.717) is 6.20 Å². The van der Waals surface area contributed by atoms with Gasteiger partial charge in [0, 0.05) is 5.56 Å². The van der Waals surface area contributed by atoms with Crippen molar-refractivity contribution >= 4 is 17.6 Å². The highest BCUT2D eigenvalue weighted by atomic mass is 35.5. The van der Waals surface area contributed by atoms with Crippen LogP contribution in [0.5, 0.6) is 5.75 Å². The van der Waals surface area contributed by atoms with Crippen LogP contribution >= 0.6 is 11.6 Å². The number of carbonyl (C=O) groups excluding carboxylic acids is 1. The predicted octanol–water partition coefficient (Wildman–Crippen LogP) is 2.96. The lowest BCUT2D eigenvalue weighted by molar-refractivity contribution is -0.275. The van der Waals surface area contributed by atoms with Crippen molar-refractivity contribution in [3.8, 4) is 5.75 Å². The van der Waals surface area contributed by atoms with E-state index < -0.39 is 41.8 Å². The smallest absolute Gasteiger partial charge is 0.466 e. The van der Waals surface area contributed by atoms with Gasteiger partial charge in [-0.15, -0.1) is 24.8 Å². The zero-order valence-electron chi connectivity index (χ0n) is 10.3. The number of hydrogen-bond acceptors (Lipinski definition) is 4. The van der Waals surface area contributed by atoms with Crippen molar-refractivity contribution in [2.45, 2.75) is 25.6 Å². The Hall–Kier alpha value is -1.57. The molecule has 0 N–H and O–H groups in total. The molecular formula is C11H10ClF4NO3. The summed E-state index contributed by atoms with van der Waals surface area (Å²) in [6.45, 7) is 1.53. The van der Waals surface area contributed by atoms with E-state index in [9.17, 15) is 22.4 Å². The molecule has 20 heavy (non-hydrogen) atoms. The molecule has 0 radical (unpaired) electrons. The lowest BCUT2D eigenvalue weighted by Gasteiger charge is -2.15. The van der Waals surface area contributed by atoms with Crippen LogP contribution in [-0.4, -0.2) is 23.9 Å². The van der Waals surface area contributed by atoms with E-state index in [1.54, 1.807) is 0 Å². The van der Waals surface area contributed by atoms with Gasteiger partial charge in [0.05, 0.1) is 30.8 Å². The van der Waals surface area contributed by atoms with Gasteiger partial charge in [0.1, 0.15) is 5.82 Å². The Bertz CT molecular complexity index is 493. The van der Waals surface area contributed by atoms with Gasteiger partial charge in [0.2, 0.25) is 0 Å². The quantitative estimate of drug-likeness (QED) is 0.476. The van der Waals surface area contributed by atoms with Gasteiger partial charge in [-0.05, 0) is 6.92 Å². The lowest BCUT2D eigenvalue weighted by atomic mass is 10.1. The molecule has 0 aliphatic rings. The summed E-state index contributed by atoms with van der Waals surface area (Å²) in [5.74, 6) is -3.32. The van der Waals surface area contributed by atoms with E-state index in [-0.39, 0.29) is 12.3 Å². The molecule has 0 saturated heterocycles. The highest BCUT2D eigenvalue weighted by molar-refractivity contribution is 6.17. The van der Waals surface area contributed by atoms with Crippen LogP contribution in [0, 0.1) is 5.82 Å². The minimum Gasteiger partial charge on any atom is -0.466 e. The van der Waals surface area contributed by atoms with Gasteiger partial charge in [0.25, 0.3) is 0 Å². The summed E-state index contributed by atoms with van der Waals surface area (Å²) in [6.07, 6.45) is -5.09. The van der Waals surface area contributed by atoms with Gasteiger partial charge in [-0.1, -0.05) is 0 Å². The molecule has 1 heterocycles. The van der Waals surface area contributed by atoms with E-state index >= 15 is 0 Å². The van der Waals surface area contributed by atoms with Gasteiger partial charge in [-0.2, -0.15) is 0 Å². The summed E-state index contributed by atoms with van der Waals surface area (Å²) in [6, 6.07) is 0. The summed E-state index contributed by atoms with van der Waals surface area (Å²) in [7, 11) is 0. The van der Waals surface area contributed by atoms with E-state index in [2.05, 4.69) is 14.5 Å². The number of halogens is 5. The lowest BCUT2D eigenvalue weighted by Crippen LogP contribution is -2.21. The molecule has 1 aromatic heterocycles. The Kier molecular flexibility index (Phi) is 5.55. The maximum atomic E-state index is 13.6. The summed E-state index contributed by atoms with van der Waals surface area (Å²) >= 11 is 5.43. The monoisotopic (exact) mass is 315 g/mol. The molecule has 0 amide bonds. The molecule has 0 bridgehead atoms. The molecule has 0 spiro atoms. The van der Waals surface area contributed by atoms with E-state index in [0.717, 1.165) is 0 Å². The summed E-state index contributed by atoms with van der Waals surface area (Å²) in [4.78, 5) is 14.7. The van der Waals surface area contributed by atoms with Crippen molar-refractivity contribution < 1.29 is 31.8 Å². The van der Waals surface area contributed by atoms with Crippen LogP contribution in [0.2, 0.25) is 0 Å². The third-order valence-electron chi connectivity index (χ3n) is 2.13. The standard InChI is InChI=1S/C11H10ClF4NO3/c1-2-19-9(18)3-6-7(13)5-17-8(4-12)10(6)20-11(14,15)16/h5H,2-4H2,1H3. The largest absolute Gasteiger partial charge is 0.573 e. The molecule has 1 rings (SSSR count). The second kappa shape index (κ2) is 6.74. The first-order valence-electron chi connectivity index (χ1n) is 5.42. The Morgan fingerprint density at radius 3 is 2.60 bits per heavy atom. The Morgan fingerprint density at radius 1 is 1.45 bits per heavy atom. The summed E-state index contributed by atoms with van der Waals surface area (Å²) < 4.78 is 58.8. The first-order valence-corrected chi connectivity index (χ1v) is 5.95. The third-order valence-corrected chi connectivity index (χ3v) is 2.38. The van der Waals surface area contributed by atoms with Crippen molar-refractivity contribution in [2.75, 3.05) is 6.61 Å². The molecule has 0 aromatic carbocycles. The number of carbonyl (C=O) groups is 1. The maximum absolute atomic E-state index is 13.6. The molecule has 0 aliphatic carbocycles. The second-order valence-electron chi connectivity index (χ2n) is 3.52.